The van der Waals surface area contributed by atoms with E-state index in [0.29, 0.717) is 18.8 Å². The molecule has 0 radical (unpaired) electrons. The number of hydrogen-bond donors (Lipinski definition) is 2. The summed E-state index contributed by atoms with van der Waals surface area (Å²) in [6.45, 7) is 0.403. The summed E-state index contributed by atoms with van der Waals surface area (Å²) in [6.07, 6.45) is -0.523. The van der Waals surface area contributed by atoms with Crippen molar-refractivity contribution in [2.75, 3.05) is 26.8 Å². The summed E-state index contributed by atoms with van der Waals surface area (Å²) in [6, 6.07) is 11.4. The van der Waals surface area contributed by atoms with E-state index in [2.05, 4.69) is 10.6 Å². The molecular formula is C21H24FN3O6S. The number of hydrogen-bond acceptors (Lipinski definition) is 6. The van der Waals surface area contributed by atoms with Crippen LogP contribution in [0.5, 0.6) is 5.75 Å². The summed E-state index contributed by atoms with van der Waals surface area (Å²) in [5, 5.41) is 4.90. The SMILES string of the molecule is COc1ccc(CNC(=O)C(=O)NC[C@H]2OCCCN2S(=O)(=O)c2ccc(F)cc2)cc1. The lowest BCUT2D eigenvalue weighted by molar-refractivity contribution is -0.140. The second kappa shape index (κ2) is 10.5. The van der Waals surface area contributed by atoms with Crippen molar-refractivity contribution < 1.29 is 31.9 Å². The number of sulfonamides is 1. The number of halogens is 1. The van der Waals surface area contributed by atoms with Gasteiger partial charge in [0.15, 0.2) is 0 Å². The molecule has 172 valence electrons. The largest absolute Gasteiger partial charge is 0.497 e. The minimum Gasteiger partial charge on any atom is -0.497 e. The average molecular weight is 466 g/mol. The van der Waals surface area contributed by atoms with Crippen molar-refractivity contribution in [2.45, 2.75) is 24.1 Å². The Morgan fingerprint density at radius 3 is 2.41 bits per heavy atom. The molecule has 0 bridgehead atoms. The molecule has 1 heterocycles. The quantitative estimate of drug-likeness (QED) is 0.590. The van der Waals surface area contributed by atoms with Crippen molar-refractivity contribution in [3.05, 3.63) is 59.9 Å². The summed E-state index contributed by atoms with van der Waals surface area (Å²) in [4.78, 5) is 24.2. The molecular weight excluding hydrogens is 441 g/mol. The minimum atomic E-state index is -3.97. The van der Waals surface area contributed by atoms with E-state index in [0.717, 1.165) is 22.0 Å². The molecule has 2 N–H and O–H groups in total. The highest BCUT2D eigenvalue weighted by molar-refractivity contribution is 7.89. The monoisotopic (exact) mass is 465 g/mol. The molecule has 1 aliphatic rings. The van der Waals surface area contributed by atoms with Gasteiger partial charge in [-0.1, -0.05) is 12.1 Å². The first kappa shape index (κ1) is 23.6. The van der Waals surface area contributed by atoms with Crippen molar-refractivity contribution in [3.8, 4) is 5.75 Å². The van der Waals surface area contributed by atoms with E-state index in [1.165, 1.54) is 12.1 Å². The van der Waals surface area contributed by atoms with Crippen LogP contribution in [0.4, 0.5) is 4.39 Å². The Hall–Kier alpha value is -3.02. The van der Waals surface area contributed by atoms with Gasteiger partial charge >= 0.3 is 11.8 Å². The van der Waals surface area contributed by atoms with Gasteiger partial charge < -0.3 is 20.1 Å². The van der Waals surface area contributed by atoms with Crippen LogP contribution in [-0.2, 0) is 30.9 Å². The molecule has 2 aromatic rings. The third-order valence-corrected chi connectivity index (χ3v) is 6.73. The van der Waals surface area contributed by atoms with Crippen molar-refractivity contribution in [1.82, 2.24) is 14.9 Å². The number of nitrogens with one attached hydrogen (secondary N) is 2. The predicted octanol–water partition coefficient (Wildman–Crippen LogP) is 1.00. The summed E-state index contributed by atoms with van der Waals surface area (Å²) in [7, 11) is -2.42. The van der Waals surface area contributed by atoms with Gasteiger partial charge in [-0.15, -0.1) is 0 Å². The van der Waals surface area contributed by atoms with Crippen molar-refractivity contribution in [3.63, 3.8) is 0 Å². The molecule has 0 spiro atoms. The van der Waals surface area contributed by atoms with E-state index in [1.54, 1.807) is 31.4 Å². The van der Waals surface area contributed by atoms with Gasteiger partial charge in [0.05, 0.1) is 25.2 Å². The van der Waals surface area contributed by atoms with E-state index >= 15 is 0 Å². The minimum absolute atomic E-state index is 0.0852. The molecule has 0 aliphatic carbocycles. The predicted molar refractivity (Wildman–Crippen MR) is 112 cm³/mol. The van der Waals surface area contributed by atoms with Crippen LogP contribution in [0.15, 0.2) is 53.4 Å². The van der Waals surface area contributed by atoms with E-state index in [1.807, 2.05) is 0 Å². The summed E-state index contributed by atoms with van der Waals surface area (Å²) in [5.74, 6) is -1.65. The maximum atomic E-state index is 13.2. The van der Waals surface area contributed by atoms with Crippen LogP contribution in [-0.4, -0.2) is 57.6 Å². The highest BCUT2D eigenvalue weighted by atomic mass is 32.2. The van der Waals surface area contributed by atoms with Crippen molar-refractivity contribution in [1.29, 1.82) is 0 Å². The molecule has 0 unspecified atom stereocenters. The van der Waals surface area contributed by atoms with Gasteiger partial charge in [-0.25, -0.2) is 12.8 Å². The zero-order chi connectivity index (χ0) is 23.1. The zero-order valence-corrected chi connectivity index (χ0v) is 18.2. The standard InChI is InChI=1S/C21H24FN3O6S/c1-30-17-7-3-15(4-8-17)13-23-20(26)21(27)24-14-19-25(11-2-12-31-19)32(28,29)18-9-5-16(22)6-10-18/h3-10,19H,2,11-14H2,1H3,(H,23,26)(H,24,27)/t19-/m1/s1. The van der Waals surface area contributed by atoms with Crippen LogP contribution in [0.2, 0.25) is 0 Å². The molecule has 3 rings (SSSR count). The van der Waals surface area contributed by atoms with Crippen molar-refractivity contribution >= 4 is 21.8 Å². The van der Waals surface area contributed by atoms with Crippen LogP contribution in [0.3, 0.4) is 0 Å². The Labute approximate surface area is 185 Å². The zero-order valence-electron chi connectivity index (χ0n) is 17.4. The number of benzene rings is 2. The Kier molecular flexibility index (Phi) is 7.78. The third-order valence-electron chi connectivity index (χ3n) is 4.83. The van der Waals surface area contributed by atoms with Crippen LogP contribution in [0.25, 0.3) is 0 Å². The van der Waals surface area contributed by atoms with Gasteiger partial charge in [-0.3, -0.25) is 9.59 Å². The second-order valence-electron chi connectivity index (χ2n) is 6.99. The maximum absolute atomic E-state index is 13.2. The summed E-state index contributed by atoms with van der Waals surface area (Å²) >= 11 is 0. The van der Waals surface area contributed by atoms with Gasteiger partial charge in [-0.2, -0.15) is 4.31 Å². The van der Waals surface area contributed by atoms with Crippen LogP contribution in [0.1, 0.15) is 12.0 Å². The average Bonchev–Trinajstić information content (AvgIpc) is 2.81. The smallest absolute Gasteiger partial charge is 0.309 e. The van der Waals surface area contributed by atoms with Crippen LogP contribution >= 0.6 is 0 Å². The lowest BCUT2D eigenvalue weighted by Gasteiger charge is -2.34. The number of carbonyl (C=O) groups is 2. The Bertz CT molecular complexity index is 1040. The maximum Gasteiger partial charge on any atom is 0.309 e. The number of rotatable bonds is 7. The number of carbonyl (C=O) groups excluding carboxylic acids is 2. The number of amides is 2. The molecule has 32 heavy (non-hydrogen) atoms. The fourth-order valence-electron chi connectivity index (χ4n) is 3.11. The first-order valence-corrected chi connectivity index (χ1v) is 11.3. The molecule has 11 heteroatoms. The van der Waals surface area contributed by atoms with Gasteiger partial charge in [0.25, 0.3) is 0 Å². The highest BCUT2D eigenvalue weighted by Gasteiger charge is 2.35. The molecule has 0 aromatic heterocycles. The first-order valence-electron chi connectivity index (χ1n) is 9.89. The third kappa shape index (κ3) is 5.81. The van der Waals surface area contributed by atoms with Gasteiger partial charge in [0.2, 0.25) is 10.0 Å². The number of ether oxygens (including phenoxy) is 2. The Morgan fingerprint density at radius 2 is 1.75 bits per heavy atom. The lowest BCUT2D eigenvalue weighted by Crippen LogP contribution is -2.53. The molecule has 0 saturated carbocycles. The molecule has 1 atom stereocenters. The van der Waals surface area contributed by atoms with Gasteiger partial charge in [-0.05, 0) is 48.4 Å². The molecule has 1 saturated heterocycles. The summed E-state index contributed by atoms with van der Waals surface area (Å²) < 4.78 is 50.7. The fraction of sp³-hybridized carbons (Fsp3) is 0.333. The number of methoxy groups -OCH3 is 1. The summed E-state index contributed by atoms with van der Waals surface area (Å²) in [5.41, 5.74) is 0.777. The first-order chi connectivity index (χ1) is 15.3. The van der Waals surface area contributed by atoms with E-state index in [9.17, 15) is 22.4 Å². The number of nitrogens with zero attached hydrogens (tertiary/aromatic N) is 1. The van der Waals surface area contributed by atoms with E-state index in [-0.39, 0.29) is 24.5 Å². The molecule has 2 aromatic carbocycles. The second-order valence-corrected chi connectivity index (χ2v) is 8.88. The van der Waals surface area contributed by atoms with E-state index < -0.39 is 33.9 Å². The Balaban J connectivity index is 1.56. The van der Waals surface area contributed by atoms with Crippen LogP contribution in [0, 0.1) is 5.82 Å². The van der Waals surface area contributed by atoms with Gasteiger partial charge in [0, 0.05) is 13.1 Å². The molecule has 1 aliphatic heterocycles. The highest BCUT2D eigenvalue weighted by Crippen LogP contribution is 2.22. The fourth-order valence-corrected chi connectivity index (χ4v) is 4.68. The van der Waals surface area contributed by atoms with Crippen molar-refractivity contribution in [2.24, 2.45) is 0 Å². The van der Waals surface area contributed by atoms with E-state index in [4.69, 9.17) is 9.47 Å². The topological polar surface area (TPSA) is 114 Å². The molecule has 2 amide bonds. The Morgan fingerprint density at radius 1 is 1.09 bits per heavy atom. The van der Waals surface area contributed by atoms with Gasteiger partial charge in [0.1, 0.15) is 17.8 Å². The van der Waals surface area contributed by atoms with Crippen LogP contribution < -0.4 is 15.4 Å². The molecule has 9 nitrogen and oxygen atoms in total. The molecule has 1 fully saturated rings. The normalized spacial score (nSPS) is 16.9. The lowest BCUT2D eigenvalue weighted by atomic mass is 10.2.